The molecule has 1 saturated heterocycles. The van der Waals surface area contributed by atoms with Crippen LogP contribution in [0.2, 0.25) is 5.02 Å². The van der Waals surface area contributed by atoms with Gasteiger partial charge in [0.25, 0.3) is 0 Å². The van der Waals surface area contributed by atoms with Crippen LogP contribution in [0.15, 0.2) is 29.2 Å². The third kappa shape index (κ3) is 5.05. The second kappa shape index (κ2) is 9.15. The molecule has 1 N–H and O–H groups in total. The standard InChI is InChI=1S/C19H27ClN2O2S/c20-17-10-4-5-11-18(17)25(24)22-12-6-9-16(14-22)19(23)21-13-15-7-2-1-3-8-15/h4-5,10-11,15-16H,1-3,6-9,12-14H2,(H,21,23). The largest absolute Gasteiger partial charge is 0.356 e. The summed E-state index contributed by atoms with van der Waals surface area (Å²) in [6.45, 7) is 2.07. The molecular weight excluding hydrogens is 356 g/mol. The summed E-state index contributed by atoms with van der Waals surface area (Å²) in [6.07, 6.45) is 8.12. The van der Waals surface area contributed by atoms with E-state index >= 15 is 0 Å². The van der Waals surface area contributed by atoms with Crippen LogP contribution in [0.25, 0.3) is 0 Å². The van der Waals surface area contributed by atoms with Crippen molar-refractivity contribution in [2.45, 2.75) is 49.8 Å². The fourth-order valence-electron chi connectivity index (χ4n) is 3.81. The molecule has 1 amide bonds. The van der Waals surface area contributed by atoms with Crippen molar-refractivity contribution in [3.8, 4) is 0 Å². The summed E-state index contributed by atoms with van der Waals surface area (Å²) in [5.41, 5.74) is 0. The van der Waals surface area contributed by atoms with Crippen LogP contribution >= 0.6 is 11.6 Å². The third-order valence-corrected chi connectivity index (χ3v) is 7.28. The highest BCUT2D eigenvalue weighted by Gasteiger charge is 2.30. The Labute approximate surface area is 157 Å². The Bertz CT molecular complexity index is 619. The van der Waals surface area contributed by atoms with Gasteiger partial charge in [-0.25, -0.2) is 8.51 Å². The van der Waals surface area contributed by atoms with E-state index in [2.05, 4.69) is 5.32 Å². The Hall–Kier alpha value is -0.910. The average Bonchev–Trinajstić information content (AvgIpc) is 2.67. The minimum Gasteiger partial charge on any atom is -0.356 e. The Morgan fingerprint density at radius 1 is 1.16 bits per heavy atom. The molecule has 1 aliphatic heterocycles. The molecule has 1 aliphatic carbocycles. The zero-order valence-corrected chi connectivity index (χ0v) is 16.2. The van der Waals surface area contributed by atoms with Gasteiger partial charge in [-0.05, 0) is 43.7 Å². The second-order valence-corrected chi connectivity index (χ2v) is 9.02. The number of nitrogens with zero attached hydrogens (tertiary/aromatic N) is 1. The van der Waals surface area contributed by atoms with Gasteiger partial charge in [0, 0.05) is 19.6 Å². The lowest BCUT2D eigenvalue weighted by Crippen LogP contribution is -2.44. The van der Waals surface area contributed by atoms with Gasteiger partial charge in [-0.3, -0.25) is 4.79 Å². The first kappa shape index (κ1) is 18.9. The monoisotopic (exact) mass is 382 g/mol. The van der Waals surface area contributed by atoms with Crippen LogP contribution in [0.1, 0.15) is 44.9 Å². The maximum absolute atomic E-state index is 12.8. The van der Waals surface area contributed by atoms with Crippen LogP contribution in [0.3, 0.4) is 0 Å². The number of benzene rings is 1. The summed E-state index contributed by atoms with van der Waals surface area (Å²) in [6, 6.07) is 7.23. The topological polar surface area (TPSA) is 49.4 Å². The first-order valence-corrected chi connectivity index (χ1v) is 10.8. The van der Waals surface area contributed by atoms with Crippen LogP contribution in [0.5, 0.6) is 0 Å². The molecule has 1 aromatic rings. The lowest BCUT2D eigenvalue weighted by atomic mass is 9.89. The van der Waals surface area contributed by atoms with Gasteiger partial charge < -0.3 is 5.32 Å². The molecule has 4 nitrogen and oxygen atoms in total. The lowest BCUT2D eigenvalue weighted by Gasteiger charge is -2.31. The van der Waals surface area contributed by atoms with Gasteiger partial charge in [0.15, 0.2) is 0 Å². The van der Waals surface area contributed by atoms with Gasteiger partial charge in [-0.15, -0.1) is 0 Å². The van der Waals surface area contributed by atoms with E-state index in [9.17, 15) is 9.00 Å². The van der Waals surface area contributed by atoms with Crippen LogP contribution in [-0.4, -0.2) is 34.1 Å². The SMILES string of the molecule is O=C(NCC1CCCCC1)C1CCCN(S(=O)c2ccccc2Cl)C1. The fraction of sp³-hybridized carbons (Fsp3) is 0.632. The number of piperidine rings is 1. The predicted octanol–water partition coefficient (Wildman–Crippen LogP) is 3.77. The maximum Gasteiger partial charge on any atom is 0.224 e. The molecule has 2 aliphatic rings. The number of halogens is 1. The Kier molecular flexibility index (Phi) is 6.91. The molecule has 1 saturated carbocycles. The van der Waals surface area contributed by atoms with E-state index in [0.29, 0.717) is 22.4 Å². The van der Waals surface area contributed by atoms with Gasteiger partial charge in [0.05, 0.1) is 15.8 Å². The van der Waals surface area contributed by atoms with Gasteiger partial charge in [0.2, 0.25) is 5.91 Å². The van der Waals surface area contributed by atoms with E-state index in [1.165, 1.54) is 32.1 Å². The van der Waals surface area contributed by atoms with Crippen molar-refractivity contribution >= 4 is 28.5 Å². The molecular formula is C19H27ClN2O2S. The molecule has 25 heavy (non-hydrogen) atoms. The fourth-order valence-corrected chi connectivity index (χ4v) is 5.47. The third-order valence-electron chi connectivity index (χ3n) is 5.30. The lowest BCUT2D eigenvalue weighted by molar-refractivity contribution is -0.126. The van der Waals surface area contributed by atoms with Crippen molar-refractivity contribution in [2.24, 2.45) is 11.8 Å². The Morgan fingerprint density at radius 2 is 1.92 bits per heavy atom. The van der Waals surface area contributed by atoms with Gasteiger partial charge in [-0.1, -0.05) is 43.0 Å². The van der Waals surface area contributed by atoms with Crippen LogP contribution in [0.4, 0.5) is 0 Å². The summed E-state index contributed by atoms with van der Waals surface area (Å²) >= 11 is 6.17. The van der Waals surface area contributed by atoms with Gasteiger partial charge >= 0.3 is 0 Å². The smallest absolute Gasteiger partial charge is 0.224 e. The second-order valence-electron chi connectivity index (χ2n) is 7.16. The Morgan fingerprint density at radius 3 is 2.68 bits per heavy atom. The molecule has 138 valence electrons. The minimum absolute atomic E-state index is 0.0798. The zero-order chi connectivity index (χ0) is 17.6. The summed E-state index contributed by atoms with van der Waals surface area (Å²) in [7, 11) is -1.31. The molecule has 0 radical (unpaired) electrons. The number of amides is 1. The molecule has 6 heteroatoms. The van der Waals surface area contributed by atoms with Crippen molar-refractivity contribution < 1.29 is 9.00 Å². The molecule has 2 fully saturated rings. The van der Waals surface area contributed by atoms with E-state index in [1.54, 1.807) is 12.1 Å². The molecule has 3 rings (SSSR count). The highest BCUT2D eigenvalue weighted by molar-refractivity contribution is 7.82. The highest BCUT2D eigenvalue weighted by atomic mass is 35.5. The van der Waals surface area contributed by atoms with Crippen molar-refractivity contribution in [3.63, 3.8) is 0 Å². The number of carbonyl (C=O) groups excluding carboxylic acids is 1. The van der Waals surface area contributed by atoms with Gasteiger partial charge in [-0.2, -0.15) is 0 Å². The highest BCUT2D eigenvalue weighted by Crippen LogP contribution is 2.26. The quantitative estimate of drug-likeness (QED) is 0.842. The average molecular weight is 383 g/mol. The molecule has 1 aromatic carbocycles. The van der Waals surface area contributed by atoms with E-state index in [1.807, 2.05) is 16.4 Å². The maximum atomic E-state index is 12.8. The van der Waals surface area contributed by atoms with Gasteiger partial charge in [0.1, 0.15) is 11.0 Å². The van der Waals surface area contributed by atoms with Crippen LogP contribution < -0.4 is 5.32 Å². The van der Waals surface area contributed by atoms with E-state index < -0.39 is 11.0 Å². The zero-order valence-electron chi connectivity index (χ0n) is 14.6. The number of hydrogen-bond acceptors (Lipinski definition) is 2. The normalized spacial score (nSPS) is 24.0. The molecule has 0 bridgehead atoms. The summed E-state index contributed by atoms with van der Waals surface area (Å²) in [5, 5.41) is 3.66. The number of rotatable bonds is 5. The first-order chi connectivity index (χ1) is 12.1. The molecule has 0 spiro atoms. The summed E-state index contributed by atoms with van der Waals surface area (Å²) in [4.78, 5) is 13.2. The molecule has 2 atom stereocenters. The van der Waals surface area contributed by atoms with Crippen molar-refractivity contribution in [1.29, 1.82) is 0 Å². The number of hydrogen-bond donors (Lipinski definition) is 1. The van der Waals surface area contributed by atoms with E-state index in [4.69, 9.17) is 11.6 Å². The Balaban J connectivity index is 1.54. The van der Waals surface area contributed by atoms with Crippen LogP contribution in [-0.2, 0) is 15.8 Å². The molecule has 1 heterocycles. The van der Waals surface area contributed by atoms with Crippen molar-refractivity contribution in [3.05, 3.63) is 29.3 Å². The van der Waals surface area contributed by atoms with Crippen molar-refractivity contribution in [1.82, 2.24) is 9.62 Å². The molecule has 0 aromatic heterocycles. The van der Waals surface area contributed by atoms with E-state index in [0.717, 1.165) is 25.9 Å². The van der Waals surface area contributed by atoms with Crippen LogP contribution in [0, 0.1) is 11.8 Å². The minimum atomic E-state index is -1.31. The molecule has 2 unspecified atom stereocenters. The predicted molar refractivity (Wildman–Crippen MR) is 102 cm³/mol. The summed E-state index contributed by atoms with van der Waals surface area (Å²) in [5.74, 6) is 0.671. The summed E-state index contributed by atoms with van der Waals surface area (Å²) < 4.78 is 14.7. The number of carbonyl (C=O) groups is 1. The first-order valence-electron chi connectivity index (χ1n) is 9.34. The van der Waals surface area contributed by atoms with Crippen molar-refractivity contribution in [2.75, 3.05) is 19.6 Å². The van der Waals surface area contributed by atoms with E-state index in [-0.39, 0.29) is 11.8 Å². The number of nitrogens with one attached hydrogen (secondary N) is 1.